The number of carbonyl (C=O) groups is 1. The highest BCUT2D eigenvalue weighted by Gasteiger charge is 2.28. The van der Waals surface area contributed by atoms with Crippen LogP contribution in [0.4, 0.5) is 0 Å². The zero-order valence-electron chi connectivity index (χ0n) is 9.69. The van der Waals surface area contributed by atoms with Crippen LogP contribution in [0.3, 0.4) is 0 Å². The standard InChI is InChI=1S/C12H18N2O2/c1-12(14-2,11(13)15)8-9-16-10-6-4-3-5-7-10/h3-7,14H,8-9H2,1-2H3,(H2,13,15). The van der Waals surface area contributed by atoms with Crippen molar-refractivity contribution in [1.29, 1.82) is 0 Å². The number of ether oxygens (including phenoxy) is 1. The minimum atomic E-state index is -0.714. The number of carbonyl (C=O) groups excluding carboxylic acids is 1. The minimum absolute atomic E-state index is 0.369. The number of likely N-dealkylation sites (N-methyl/N-ethyl adjacent to an activating group) is 1. The molecule has 1 amide bonds. The van der Waals surface area contributed by atoms with Gasteiger partial charge in [0.15, 0.2) is 0 Å². The van der Waals surface area contributed by atoms with E-state index in [2.05, 4.69) is 5.32 Å². The molecule has 0 heterocycles. The molecule has 4 heteroatoms. The van der Waals surface area contributed by atoms with E-state index in [9.17, 15) is 4.79 Å². The Balaban J connectivity index is 2.43. The zero-order valence-corrected chi connectivity index (χ0v) is 9.69. The molecule has 0 aliphatic rings. The maximum atomic E-state index is 11.2. The Labute approximate surface area is 95.8 Å². The Hall–Kier alpha value is -1.55. The number of para-hydroxylation sites is 1. The van der Waals surface area contributed by atoms with Crippen molar-refractivity contribution in [2.75, 3.05) is 13.7 Å². The van der Waals surface area contributed by atoms with Crippen LogP contribution in [0.15, 0.2) is 30.3 Å². The van der Waals surface area contributed by atoms with Crippen molar-refractivity contribution in [3.8, 4) is 5.75 Å². The summed E-state index contributed by atoms with van der Waals surface area (Å²) < 4.78 is 5.51. The van der Waals surface area contributed by atoms with E-state index in [0.29, 0.717) is 13.0 Å². The van der Waals surface area contributed by atoms with Crippen LogP contribution < -0.4 is 15.8 Å². The van der Waals surface area contributed by atoms with Crippen molar-refractivity contribution < 1.29 is 9.53 Å². The Bertz CT molecular complexity index is 340. The van der Waals surface area contributed by atoms with Gasteiger partial charge in [-0.15, -0.1) is 0 Å². The fourth-order valence-electron chi connectivity index (χ4n) is 1.26. The van der Waals surface area contributed by atoms with Crippen LogP contribution in [-0.2, 0) is 4.79 Å². The van der Waals surface area contributed by atoms with Crippen LogP contribution in [0.1, 0.15) is 13.3 Å². The first-order chi connectivity index (χ1) is 7.58. The molecular formula is C12H18N2O2. The molecule has 4 nitrogen and oxygen atoms in total. The molecular weight excluding hydrogens is 204 g/mol. The van der Waals surface area contributed by atoms with Crippen molar-refractivity contribution in [1.82, 2.24) is 5.32 Å². The maximum absolute atomic E-state index is 11.2. The third-order valence-corrected chi connectivity index (χ3v) is 2.71. The summed E-state index contributed by atoms with van der Waals surface area (Å²) in [6, 6.07) is 9.48. The molecule has 1 aromatic carbocycles. The number of amides is 1. The number of benzene rings is 1. The topological polar surface area (TPSA) is 64.3 Å². The first kappa shape index (κ1) is 12.5. The highest BCUT2D eigenvalue weighted by Crippen LogP contribution is 2.12. The third kappa shape index (κ3) is 3.24. The lowest BCUT2D eigenvalue weighted by molar-refractivity contribution is -0.124. The molecule has 1 atom stereocenters. The summed E-state index contributed by atoms with van der Waals surface area (Å²) in [5.74, 6) is 0.428. The Morgan fingerprint density at radius 1 is 1.44 bits per heavy atom. The van der Waals surface area contributed by atoms with E-state index in [4.69, 9.17) is 10.5 Å². The fraction of sp³-hybridized carbons (Fsp3) is 0.417. The molecule has 0 aliphatic carbocycles. The number of primary amides is 1. The SMILES string of the molecule is CNC(C)(CCOc1ccccc1)C(N)=O. The van der Waals surface area contributed by atoms with Crippen molar-refractivity contribution in [2.24, 2.45) is 5.73 Å². The summed E-state index contributed by atoms with van der Waals surface area (Å²) in [6.45, 7) is 2.22. The highest BCUT2D eigenvalue weighted by atomic mass is 16.5. The van der Waals surface area contributed by atoms with Gasteiger partial charge >= 0.3 is 0 Å². The molecule has 0 spiro atoms. The van der Waals surface area contributed by atoms with E-state index in [-0.39, 0.29) is 5.91 Å². The summed E-state index contributed by atoms with van der Waals surface area (Å²) in [6.07, 6.45) is 0.535. The molecule has 0 bridgehead atoms. The Morgan fingerprint density at radius 2 is 2.06 bits per heavy atom. The molecule has 0 aromatic heterocycles. The lowest BCUT2D eigenvalue weighted by Gasteiger charge is -2.25. The van der Waals surface area contributed by atoms with Gasteiger partial charge in [-0.3, -0.25) is 4.79 Å². The first-order valence-electron chi connectivity index (χ1n) is 5.25. The maximum Gasteiger partial charge on any atom is 0.237 e. The predicted molar refractivity (Wildman–Crippen MR) is 63.2 cm³/mol. The van der Waals surface area contributed by atoms with Gasteiger partial charge in [-0.1, -0.05) is 18.2 Å². The molecule has 0 fully saturated rings. The van der Waals surface area contributed by atoms with Gasteiger partial charge in [0.05, 0.1) is 12.1 Å². The predicted octanol–water partition coefficient (Wildman–Crippen LogP) is 0.919. The van der Waals surface area contributed by atoms with Crippen molar-refractivity contribution in [2.45, 2.75) is 18.9 Å². The minimum Gasteiger partial charge on any atom is -0.494 e. The average molecular weight is 222 g/mol. The molecule has 0 saturated carbocycles. The normalized spacial score (nSPS) is 14.1. The average Bonchev–Trinajstić information content (AvgIpc) is 2.30. The quantitative estimate of drug-likeness (QED) is 0.752. The summed E-state index contributed by atoms with van der Waals surface area (Å²) >= 11 is 0. The Morgan fingerprint density at radius 3 is 2.56 bits per heavy atom. The van der Waals surface area contributed by atoms with Gasteiger partial charge in [-0.05, 0) is 26.1 Å². The number of nitrogens with one attached hydrogen (secondary N) is 1. The van der Waals surface area contributed by atoms with E-state index in [1.54, 1.807) is 14.0 Å². The molecule has 0 saturated heterocycles. The van der Waals surface area contributed by atoms with E-state index < -0.39 is 5.54 Å². The largest absolute Gasteiger partial charge is 0.494 e. The van der Waals surface area contributed by atoms with Gasteiger partial charge in [-0.25, -0.2) is 0 Å². The first-order valence-corrected chi connectivity index (χ1v) is 5.25. The van der Waals surface area contributed by atoms with E-state index in [1.165, 1.54) is 0 Å². The van der Waals surface area contributed by atoms with Gasteiger partial charge in [0.25, 0.3) is 0 Å². The van der Waals surface area contributed by atoms with Gasteiger partial charge in [0.1, 0.15) is 5.75 Å². The van der Waals surface area contributed by atoms with Gasteiger partial charge < -0.3 is 15.8 Å². The molecule has 3 N–H and O–H groups in total. The van der Waals surface area contributed by atoms with Gasteiger partial charge in [0.2, 0.25) is 5.91 Å². The van der Waals surface area contributed by atoms with E-state index in [0.717, 1.165) is 5.75 Å². The van der Waals surface area contributed by atoms with Crippen molar-refractivity contribution >= 4 is 5.91 Å². The van der Waals surface area contributed by atoms with Crippen LogP contribution in [0.5, 0.6) is 5.75 Å². The lowest BCUT2D eigenvalue weighted by atomic mass is 9.98. The molecule has 1 aromatic rings. The monoisotopic (exact) mass is 222 g/mol. The third-order valence-electron chi connectivity index (χ3n) is 2.71. The fourth-order valence-corrected chi connectivity index (χ4v) is 1.26. The van der Waals surface area contributed by atoms with Crippen molar-refractivity contribution in [3.63, 3.8) is 0 Å². The van der Waals surface area contributed by atoms with Crippen LogP contribution >= 0.6 is 0 Å². The lowest BCUT2D eigenvalue weighted by Crippen LogP contribution is -2.52. The second-order valence-corrected chi connectivity index (χ2v) is 3.86. The van der Waals surface area contributed by atoms with Crippen LogP contribution in [0.2, 0.25) is 0 Å². The molecule has 1 rings (SSSR count). The molecule has 1 unspecified atom stereocenters. The molecule has 0 radical (unpaired) electrons. The number of nitrogens with two attached hydrogens (primary N) is 1. The second-order valence-electron chi connectivity index (χ2n) is 3.86. The Kier molecular flexibility index (Phi) is 4.31. The summed E-state index contributed by atoms with van der Waals surface area (Å²) in [4.78, 5) is 11.2. The number of rotatable bonds is 6. The highest BCUT2D eigenvalue weighted by molar-refractivity contribution is 5.84. The number of hydrogen-bond acceptors (Lipinski definition) is 3. The van der Waals surface area contributed by atoms with Crippen LogP contribution in [0, 0.1) is 0 Å². The number of hydrogen-bond donors (Lipinski definition) is 2. The summed E-state index contributed by atoms with van der Waals surface area (Å²) in [7, 11) is 1.72. The van der Waals surface area contributed by atoms with Crippen LogP contribution in [-0.4, -0.2) is 25.1 Å². The van der Waals surface area contributed by atoms with Crippen LogP contribution in [0.25, 0.3) is 0 Å². The second kappa shape index (κ2) is 5.51. The summed E-state index contributed by atoms with van der Waals surface area (Å²) in [5, 5.41) is 2.91. The van der Waals surface area contributed by atoms with E-state index >= 15 is 0 Å². The summed E-state index contributed by atoms with van der Waals surface area (Å²) in [5.41, 5.74) is 4.59. The zero-order chi connectivity index (χ0) is 12.0. The molecule has 16 heavy (non-hydrogen) atoms. The smallest absolute Gasteiger partial charge is 0.237 e. The molecule has 0 aliphatic heterocycles. The van der Waals surface area contributed by atoms with Gasteiger partial charge in [0, 0.05) is 6.42 Å². The van der Waals surface area contributed by atoms with Gasteiger partial charge in [-0.2, -0.15) is 0 Å². The van der Waals surface area contributed by atoms with Crippen molar-refractivity contribution in [3.05, 3.63) is 30.3 Å². The molecule has 88 valence electrons. The van der Waals surface area contributed by atoms with E-state index in [1.807, 2.05) is 30.3 Å².